The summed E-state index contributed by atoms with van der Waals surface area (Å²) in [6, 6.07) is 0. The maximum absolute atomic E-state index is 12.4. The second kappa shape index (κ2) is 10.1. The van der Waals surface area contributed by atoms with E-state index in [1.807, 2.05) is 14.7 Å². The molecule has 0 unspecified atom stereocenters. The van der Waals surface area contributed by atoms with Crippen molar-refractivity contribution in [2.24, 2.45) is 0 Å². The van der Waals surface area contributed by atoms with Crippen molar-refractivity contribution in [2.45, 2.75) is 45.4 Å². The van der Waals surface area contributed by atoms with Gasteiger partial charge >= 0.3 is 5.97 Å². The number of unbranched alkanes of at least 4 members (excludes halogenated alkanes) is 4. The zero-order valence-corrected chi connectivity index (χ0v) is 17.8. The number of allylic oxidation sites excluding steroid dienone is 1. The summed E-state index contributed by atoms with van der Waals surface area (Å²) >= 11 is 0. The fourth-order valence-electron chi connectivity index (χ4n) is 3.16. The third kappa shape index (κ3) is 6.11. The van der Waals surface area contributed by atoms with Gasteiger partial charge in [-0.15, -0.1) is 0 Å². The van der Waals surface area contributed by atoms with Crippen LogP contribution in [0.1, 0.15) is 45.4 Å². The third-order valence-electron chi connectivity index (χ3n) is 4.98. The SMILES string of the molecule is CCCCCCCC(=O)O.O=C1C=C(N2CC2)C(=O)C(N2CC2)=C1N1CC1.[Cr]. The molecule has 0 aromatic carbocycles. The van der Waals surface area contributed by atoms with E-state index in [1.54, 1.807) is 0 Å². The molecule has 0 amide bonds. The van der Waals surface area contributed by atoms with E-state index in [0.29, 0.717) is 23.5 Å². The first kappa shape index (κ1) is 22.5. The van der Waals surface area contributed by atoms with Crippen LogP contribution in [0.25, 0.3) is 0 Å². The minimum absolute atomic E-state index is 0. The Hall–Kier alpha value is -1.78. The molecule has 1 aliphatic carbocycles. The average molecular weight is 427 g/mol. The van der Waals surface area contributed by atoms with E-state index in [2.05, 4.69) is 6.92 Å². The molecule has 28 heavy (non-hydrogen) atoms. The molecule has 0 aromatic rings. The summed E-state index contributed by atoms with van der Waals surface area (Å²) in [5.74, 6) is -0.621. The van der Waals surface area contributed by atoms with Gasteiger partial charge in [0.1, 0.15) is 11.4 Å². The number of carboxylic acids is 1. The van der Waals surface area contributed by atoms with Gasteiger partial charge in [0.05, 0.1) is 5.70 Å². The van der Waals surface area contributed by atoms with Crippen LogP contribution in [0.15, 0.2) is 23.2 Å². The molecule has 0 bridgehead atoms. The summed E-state index contributed by atoms with van der Waals surface area (Å²) in [6.07, 6.45) is 7.41. The molecular weight excluding hydrogens is 398 g/mol. The molecule has 0 radical (unpaired) electrons. The molecule has 4 aliphatic rings. The molecule has 0 spiro atoms. The van der Waals surface area contributed by atoms with Crippen molar-refractivity contribution in [2.75, 3.05) is 39.3 Å². The van der Waals surface area contributed by atoms with E-state index in [9.17, 15) is 14.4 Å². The van der Waals surface area contributed by atoms with Crippen molar-refractivity contribution >= 4 is 17.5 Å². The number of ketones is 2. The molecule has 1 N–H and O–H groups in total. The van der Waals surface area contributed by atoms with Crippen LogP contribution in [0.2, 0.25) is 0 Å². The van der Waals surface area contributed by atoms with Gasteiger partial charge in [0, 0.05) is 69.1 Å². The summed E-state index contributed by atoms with van der Waals surface area (Å²) in [5, 5.41) is 8.27. The van der Waals surface area contributed by atoms with E-state index in [0.717, 1.165) is 52.1 Å². The predicted molar refractivity (Wildman–Crippen MR) is 101 cm³/mol. The van der Waals surface area contributed by atoms with Crippen LogP contribution in [0, 0.1) is 0 Å². The van der Waals surface area contributed by atoms with Crippen molar-refractivity contribution in [3.8, 4) is 0 Å². The Morgan fingerprint density at radius 1 is 0.893 bits per heavy atom. The fraction of sp³-hybridized carbons (Fsp3) is 0.650. The second-order valence-corrected chi connectivity index (χ2v) is 7.44. The molecule has 4 rings (SSSR count). The van der Waals surface area contributed by atoms with E-state index < -0.39 is 5.97 Å². The number of Topliss-reactive ketones (excluding diaryl/α,β-unsaturated/α-hetero) is 1. The Kier molecular flexibility index (Phi) is 8.14. The fourth-order valence-corrected chi connectivity index (χ4v) is 3.16. The average Bonchev–Trinajstić information content (AvgIpc) is 3.49. The molecule has 7 nitrogen and oxygen atoms in total. The molecule has 3 fully saturated rings. The molecule has 3 saturated heterocycles. The maximum Gasteiger partial charge on any atom is 0.303 e. The smallest absolute Gasteiger partial charge is 0.303 e. The first-order valence-electron chi connectivity index (χ1n) is 10.0. The molecule has 0 aromatic heterocycles. The van der Waals surface area contributed by atoms with Gasteiger partial charge in [-0.2, -0.15) is 0 Å². The predicted octanol–water partition coefficient (Wildman–Crippen LogP) is 1.61. The molecule has 8 heteroatoms. The topological polar surface area (TPSA) is 80.5 Å². The second-order valence-electron chi connectivity index (χ2n) is 7.44. The van der Waals surface area contributed by atoms with Crippen LogP contribution in [0.4, 0.5) is 0 Å². The molecule has 3 aliphatic heterocycles. The number of hydrogen-bond acceptors (Lipinski definition) is 6. The van der Waals surface area contributed by atoms with Gasteiger partial charge in [-0.3, -0.25) is 14.4 Å². The number of hydrogen-bond donors (Lipinski definition) is 1. The number of carboxylic acid groups (broad SMARTS) is 1. The molecule has 154 valence electrons. The van der Waals surface area contributed by atoms with Gasteiger partial charge < -0.3 is 19.8 Å². The Bertz CT molecular complexity index is 677. The summed E-state index contributed by atoms with van der Waals surface area (Å²) in [6.45, 7) is 7.56. The number of nitrogens with zero attached hydrogens (tertiary/aromatic N) is 3. The standard InChI is InChI=1S/C12H13N3O2.C8H16O2.Cr/c16-9-7-8(13-1-2-13)12(17)11(15-5-6-15)10(9)14-3-4-14;1-2-3-4-5-6-7-8(9)10;/h7H,1-6H2;2-7H2,1H3,(H,9,10);. The van der Waals surface area contributed by atoms with Crippen LogP contribution in [-0.2, 0) is 31.7 Å². The normalized spacial score (nSPS) is 19.6. The monoisotopic (exact) mass is 427 g/mol. The summed E-state index contributed by atoms with van der Waals surface area (Å²) < 4.78 is 0. The van der Waals surface area contributed by atoms with Gasteiger partial charge in [0.15, 0.2) is 0 Å². The summed E-state index contributed by atoms with van der Waals surface area (Å²) in [5.41, 5.74) is 1.89. The maximum atomic E-state index is 12.4. The third-order valence-corrected chi connectivity index (χ3v) is 4.98. The van der Waals surface area contributed by atoms with Gasteiger partial charge in [0.2, 0.25) is 11.6 Å². The first-order valence-corrected chi connectivity index (χ1v) is 10.0. The minimum atomic E-state index is -0.670. The van der Waals surface area contributed by atoms with Gasteiger partial charge in [0.25, 0.3) is 0 Å². The van der Waals surface area contributed by atoms with Crippen LogP contribution in [-0.4, -0.2) is 76.6 Å². The Balaban J connectivity index is 0.000000224. The van der Waals surface area contributed by atoms with E-state index in [-0.39, 0.29) is 28.9 Å². The Labute approximate surface area is 177 Å². The van der Waals surface area contributed by atoms with Crippen molar-refractivity contribution < 1.29 is 36.9 Å². The summed E-state index contributed by atoms with van der Waals surface area (Å²) in [4.78, 5) is 40.5. The zero-order chi connectivity index (χ0) is 19.4. The van der Waals surface area contributed by atoms with Gasteiger partial charge in [-0.1, -0.05) is 32.6 Å². The Morgan fingerprint density at radius 2 is 1.43 bits per heavy atom. The summed E-state index contributed by atoms with van der Waals surface area (Å²) in [7, 11) is 0. The Morgan fingerprint density at radius 3 is 1.93 bits per heavy atom. The van der Waals surface area contributed by atoms with E-state index in [4.69, 9.17) is 5.11 Å². The quantitative estimate of drug-likeness (QED) is 0.340. The van der Waals surface area contributed by atoms with Crippen LogP contribution in [0.5, 0.6) is 0 Å². The first-order chi connectivity index (χ1) is 13.0. The van der Waals surface area contributed by atoms with Crippen molar-refractivity contribution in [1.29, 1.82) is 0 Å². The zero-order valence-electron chi connectivity index (χ0n) is 16.5. The van der Waals surface area contributed by atoms with Gasteiger partial charge in [-0.25, -0.2) is 0 Å². The minimum Gasteiger partial charge on any atom is -0.481 e. The van der Waals surface area contributed by atoms with Crippen LogP contribution >= 0.6 is 0 Å². The number of carbonyl (C=O) groups is 3. The number of aliphatic carboxylic acids is 1. The van der Waals surface area contributed by atoms with E-state index >= 15 is 0 Å². The van der Waals surface area contributed by atoms with Crippen molar-refractivity contribution in [1.82, 2.24) is 14.7 Å². The van der Waals surface area contributed by atoms with E-state index in [1.165, 1.54) is 25.3 Å². The molecule has 3 heterocycles. The molecular formula is C20H29CrN3O4. The van der Waals surface area contributed by atoms with Crippen LogP contribution in [0.3, 0.4) is 0 Å². The number of rotatable bonds is 9. The van der Waals surface area contributed by atoms with Crippen molar-refractivity contribution in [3.63, 3.8) is 0 Å². The van der Waals surface area contributed by atoms with Crippen molar-refractivity contribution in [3.05, 3.63) is 23.2 Å². The molecule has 0 atom stereocenters. The largest absolute Gasteiger partial charge is 0.481 e. The van der Waals surface area contributed by atoms with Crippen LogP contribution < -0.4 is 0 Å². The van der Waals surface area contributed by atoms with Gasteiger partial charge in [-0.05, 0) is 6.42 Å². The molecule has 0 saturated carbocycles. The number of carbonyl (C=O) groups excluding carboxylic acids is 2.